The van der Waals surface area contributed by atoms with E-state index in [0.717, 1.165) is 77.0 Å². The molecule has 6 heteroatoms. The molecule has 54 heavy (non-hydrogen) atoms. The molecule has 0 bridgehead atoms. The molecular formula is C48H31N4OP. The van der Waals surface area contributed by atoms with Crippen molar-refractivity contribution in [2.45, 2.75) is 0 Å². The van der Waals surface area contributed by atoms with E-state index in [1.807, 2.05) is 91.0 Å². The summed E-state index contributed by atoms with van der Waals surface area (Å²) in [6.07, 6.45) is 0. The van der Waals surface area contributed by atoms with Gasteiger partial charge in [-0.25, -0.2) is 9.97 Å². The third-order valence-electron chi connectivity index (χ3n) is 10.8. The van der Waals surface area contributed by atoms with Crippen LogP contribution in [0, 0.1) is 0 Å². The molecule has 0 aliphatic heterocycles. The van der Waals surface area contributed by atoms with Gasteiger partial charge in [0.1, 0.15) is 5.65 Å². The Morgan fingerprint density at radius 2 is 1.02 bits per heavy atom. The van der Waals surface area contributed by atoms with Gasteiger partial charge in [-0.2, -0.15) is 0 Å². The predicted octanol–water partition coefficient (Wildman–Crippen LogP) is 10.6. The largest absolute Gasteiger partial charge is 0.309 e. The number of benzene rings is 8. The Hall–Kier alpha value is -6.81. The van der Waals surface area contributed by atoms with Crippen LogP contribution in [0.15, 0.2) is 188 Å². The number of para-hydroxylation sites is 3. The standard InChI is InChI=1S/C48H31N4OP/c53-54(35-14-3-1-4-15-35,36-16-5-2-6-17-36)37-27-23-32(24-28-37)34-26-29-43-40(31-34)46-38-18-8-7-13-33(38)25-30-45(46)51(43)48-50-41-20-10-9-19-39(41)47-49-42-21-11-12-22-44(42)52(47)48/h1-31H. The molecule has 11 rings (SSSR count). The van der Waals surface area contributed by atoms with Crippen molar-refractivity contribution in [1.82, 2.24) is 18.9 Å². The quantitative estimate of drug-likeness (QED) is 0.167. The van der Waals surface area contributed by atoms with E-state index in [1.165, 1.54) is 16.2 Å². The van der Waals surface area contributed by atoms with Crippen molar-refractivity contribution < 1.29 is 4.57 Å². The van der Waals surface area contributed by atoms with Gasteiger partial charge in [-0.15, -0.1) is 0 Å². The van der Waals surface area contributed by atoms with Gasteiger partial charge in [0, 0.05) is 32.1 Å². The van der Waals surface area contributed by atoms with Crippen LogP contribution < -0.4 is 15.9 Å². The van der Waals surface area contributed by atoms with Crippen LogP contribution in [0.4, 0.5) is 0 Å². The van der Waals surface area contributed by atoms with E-state index < -0.39 is 7.14 Å². The number of rotatable bonds is 5. The van der Waals surface area contributed by atoms with Gasteiger partial charge in [0.2, 0.25) is 5.95 Å². The average molecular weight is 711 g/mol. The molecule has 8 aromatic carbocycles. The Morgan fingerprint density at radius 1 is 0.426 bits per heavy atom. The highest BCUT2D eigenvalue weighted by Gasteiger charge is 2.29. The van der Waals surface area contributed by atoms with E-state index in [2.05, 4.69) is 106 Å². The zero-order chi connectivity index (χ0) is 35.8. The molecule has 0 fully saturated rings. The summed E-state index contributed by atoms with van der Waals surface area (Å²) in [5.74, 6) is 0.794. The fourth-order valence-electron chi connectivity index (χ4n) is 8.25. The molecule has 0 unspecified atom stereocenters. The van der Waals surface area contributed by atoms with Gasteiger partial charge in [0.05, 0.1) is 27.6 Å². The number of fused-ring (bicyclic) bond motifs is 10. The van der Waals surface area contributed by atoms with Crippen LogP contribution >= 0.6 is 7.14 Å². The summed E-state index contributed by atoms with van der Waals surface area (Å²) in [7, 11) is -3.09. The summed E-state index contributed by atoms with van der Waals surface area (Å²) in [5.41, 5.74) is 7.99. The molecule has 5 nitrogen and oxygen atoms in total. The van der Waals surface area contributed by atoms with E-state index in [9.17, 15) is 0 Å². The second-order valence-electron chi connectivity index (χ2n) is 13.8. The normalized spacial score (nSPS) is 12.1. The van der Waals surface area contributed by atoms with Gasteiger partial charge in [0.15, 0.2) is 7.14 Å². The molecule has 0 saturated carbocycles. The van der Waals surface area contributed by atoms with Crippen molar-refractivity contribution in [3.05, 3.63) is 188 Å². The molecule has 0 atom stereocenters. The summed E-state index contributed by atoms with van der Waals surface area (Å²) < 4.78 is 19.6. The first kappa shape index (κ1) is 30.8. The van der Waals surface area contributed by atoms with Gasteiger partial charge in [0.25, 0.3) is 0 Å². The van der Waals surface area contributed by atoms with Crippen LogP contribution in [0.25, 0.3) is 77.2 Å². The maximum absolute atomic E-state index is 15.1. The molecule has 0 N–H and O–H groups in total. The monoisotopic (exact) mass is 710 g/mol. The lowest BCUT2D eigenvalue weighted by Crippen LogP contribution is -2.24. The van der Waals surface area contributed by atoms with E-state index in [0.29, 0.717) is 0 Å². The lowest BCUT2D eigenvalue weighted by molar-refractivity contribution is 0.592. The fraction of sp³-hybridized carbons (Fsp3) is 0. The molecule has 0 aliphatic carbocycles. The van der Waals surface area contributed by atoms with Crippen LogP contribution in [-0.4, -0.2) is 18.9 Å². The average Bonchev–Trinajstić information content (AvgIpc) is 3.80. The fourth-order valence-corrected chi connectivity index (χ4v) is 10.9. The number of imidazole rings is 1. The van der Waals surface area contributed by atoms with Crippen molar-refractivity contribution in [3.63, 3.8) is 0 Å². The van der Waals surface area contributed by atoms with Gasteiger partial charge >= 0.3 is 0 Å². The Kier molecular flexibility index (Phi) is 6.76. The number of aromatic nitrogens is 4. The summed E-state index contributed by atoms with van der Waals surface area (Å²) in [4.78, 5) is 10.5. The van der Waals surface area contributed by atoms with Crippen LogP contribution in [0.3, 0.4) is 0 Å². The maximum atomic E-state index is 15.1. The van der Waals surface area contributed by atoms with Crippen molar-refractivity contribution in [3.8, 4) is 17.1 Å². The minimum atomic E-state index is -3.09. The van der Waals surface area contributed by atoms with Crippen LogP contribution in [-0.2, 0) is 4.57 Å². The highest BCUT2D eigenvalue weighted by Crippen LogP contribution is 2.43. The number of hydrogen-bond donors (Lipinski definition) is 0. The zero-order valence-electron chi connectivity index (χ0n) is 29.0. The smallest absolute Gasteiger partial charge is 0.221 e. The first-order valence-electron chi connectivity index (χ1n) is 18.1. The van der Waals surface area contributed by atoms with Gasteiger partial charge in [-0.05, 0) is 64.4 Å². The molecular weight excluding hydrogens is 680 g/mol. The van der Waals surface area contributed by atoms with Crippen LogP contribution in [0.1, 0.15) is 0 Å². The van der Waals surface area contributed by atoms with E-state index in [4.69, 9.17) is 9.97 Å². The summed E-state index contributed by atoms with van der Waals surface area (Å²) in [5, 5.41) is 8.15. The third kappa shape index (κ3) is 4.49. The third-order valence-corrected chi connectivity index (χ3v) is 13.9. The van der Waals surface area contributed by atoms with Crippen molar-refractivity contribution >= 4 is 83.2 Å². The second-order valence-corrected chi connectivity index (χ2v) is 16.5. The van der Waals surface area contributed by atoms with E-state index in [1.54, 1.807) is 0 Å². The molecule has 3 aromatic heterocycles. The van der Waals surface area contributed by atoms with Gasteiger partial charge in [-0.3, -0.25) is 8.97 Å². The molecule has 0 amide bonds. The minimum absolute atomic E-state index is 0.794. The predicted molar refractivity (Wildman–Crippen MR) is 225 cm³/mol. The lowest BCUT2D eigenvalue weighted by atomic mass is 10.00. The van der Waals surface area contributed by atoms with Crippen molar-refractivity contribution in [1.29, 1.82) is 0 Å². The Morgan fingerprint density at radius 3 is 1.78 bits per heavy atom. The molecule has 0 aliphatic rings. The molecule has 11 aromatic rings. The Bertz CT molecular complexity index is 3250. The topological polar surface area (TPSA) is 52.2 Å². The van der Waals surface area contributed by atoms with Gasteiger partial charge in [-0.1, -0.05) is 146 Å². The highest BCUT2D eigenvalue weighted by molar-refractivity contribution is 7.85. The maximum Gasteiger partial charge on any atom is 0.221 e. The molecule has 0 saturated heterocycles. The van der Waals surface area contributed by atoms with E-state index >= 15 is 4.57 Å². The number of nitrogens with zero attached hydrogens (tertiary/aromatic N) is 4. The van der Waals surface area contributed by atoms with Crippen molar-refractivity contribution in [2.75, 3.05) is 0 Å². The molecule has 0 radical (unpaired) electrons. The summed E-state index contributed by atoms with van der Waals surface area (Å²) >= 11 is 0. The van der Waals surface area contributed by atoms with E-state index in [-0.39, 0.29) is 0 Å². The van der Waals surface area contributed by atoms with Crippen LogP contribution in [0.2, 0.25) is 0 Å². The Labute approximate surface area is 310 Å². The number of hydrogen-bond acceptors (Lipinski definition) is 3. The minimum Gasteiger partial charge on any atom is -0.309 e. The van der Waals surface area contributed by atoms with Crippen molar-refractivity contribution in [2.24, 2.45) is 0 Å². The molecule has 254 valence electrons. The highest BCUT2D eigenvalue weighted by atomic mass is 31.2. The molecule has 0 spiro atoms. The van der Waals surface area contributed by atoms with Gasteiger partial charge < -0.3 is 4.57 Å². The molecule has 3 heterocycles. The summed E-state index contributed by atoms with van der Waals surface area (Å²) in [6, 6.07) is 64.2. The second kappa shape index (κ2) is 11.9. The SMILES string of the molecule is O=P(c1ccccc1)(c1ccccc1)c1ccc(-c2ccc3c(c2)c2c4ccccc4ccc2n3-c2nc3ccccc3c3nc4ccccc4n23)cc1. The Balaban J connectivity index is 1.15. The summed E-state index contributed by atoms with van der Waals surface area (Å²) in [6.45, 7) is 0. The van der Waals surface area contributed by atoms with Crippen LogP contribution in [0.5, 0.6) is 0 Å². The first-order valence-corrected chi connectivity index (χ1v) is 19.8. The lowest BCUT2D eigenvalue weighted by Gasteiger charge is -2.20. The first-order chi connectivity index (χ1) is 26.7. The zero-order valence-corrected chi connectivity index (χ0v) is 29.9.